The largest absolute Gasteiger partial charge is 0.383 e. The Labute approximate surface area is 122 Å². The topological polar surface area (TPSA) is 63.2 Å². The van der Waals surface area contributed by atoms with Crippen molar-refractivity contribution in [1.82, 2.24) is 4.98 Å². The van der Waals surface area contributed by atoms with E-state index in [1.165, 1.54) is 30.5 Å². The highest BCUT2D eigenvalue weighted by Gasteiger charge is 2.07. The summed E-state index contributed by atoms with van der Waals surface area (Å²) in [5.74, 6) is -0.650. The predicted molar refractivity (Wildman–Crippen MR) is 79.0 cm³/mol. The fraction of sp³-hybridized carbons (Fsp3) is 0.200. The summed E-state index contributed by atoms with van der Waals surface area (Å²) >= 11 is 0. The smallest absolute Gasteiger partial charge is 0.257 e. The molecule has 0 fully saturated rings. The molecule has 6 heteroatoms. The van der Waals surface area contributed by atoms with Crippen molar-refractivity contribution in [2.45, 2.75) is 0 Å². The van der Waals surface area contributed by atoms with E-state index in [2.05, 4.69) is 15.6 Å². The Morgan fingerprint density at radius 1 is 1.24 bits per heavy atom. The van der Waals surface area contributed by atoms with Crippen LogP contribution in [0.5, 0.6) is 0 Å². The number of nitrogens with one attached hydrogen (secondary N) is 2. The minimum atomic E-state index is -0.348. The molecule has 0 unspecified atom stereocenters. The maximum Gasteiger partial charge on any atom is 0.257 e. The number of aromatic nitrogens is 1. The second-order valence-electron chi connectivity index (χ2n) is 4.34. The summed E-state index contributed by atoms with van der Waals surface area (Å²) in [5, 5.41) is 5.78. The number of carbonyl (C=O) groups excluding carboxylic acids is 1. The Morgan fingerprint density at radius 3 is 2.71 bits per heavy atom. The molecule has 21 heavy (non-hydrogen) atoms. The maximum absolute atomic E-state index is 12.8. The molecular formula is C15H16FN3O2. The molecule has 0 radical (unpaired) electrons. The third kappa shape index (κ3) is 4.54. The molecule has 2 rings (SSSR count). The predicted octanol–water partition coefficient (Wildman–Crippen LogP) is 2.53. The molecule has 0 atom stereocenters. The highest BCUT2D eigenvalue weighted by molar-refractivity contribution is 6.04. The van der Waals surface area contributed by atoms with E-state index in [0.717, 1.165) is 5.69 Å². The van der Waals surface area contributed by atoms with E-state index in [9.17, 15) is 9.18 Å². The van der Waals surface area contributed by atoms with Crippen molar-refractivity contribution in [3.63, 3.8) is 0 Å². The molecule has 1 aromatic heterocycles. The molecule has 5 nitrogen and oxygen atoms in total. The zero-order valence-electron chi connectivity index (χ0n) is 11.6. The minimum absolute atomic E-state index is 0.301. The number of benzene rings is 1. The number of ether oxygens (including phenoxy) is 1. The number of hydrogen-bond acceptors (Lipinski definition) is 4. The third-order valence-corrected chi connectivity index (χ3v) is 2.74. The second kappa shape index (κ2) is 7.35. The number of nitrogens with zero attached hydrogens (tertiary/aromatic N) is 1. The van der Waals surface area contributed by atoms with Gasteiger partial charge in [-0.3, -0.25) is 9.78 Å². The van der Waals surface area contributed by atoms with Crippen molar-refractivity contribution >= 4 is 17.3 Å². The lowest BCUT2D eigenvalue weighted by Gasteiger charge is -2.08. The van der Waals surface area contributed by atoms with Crippen LogP contribution in [-0.4, -0.2) is 31.2 Å². The highest BCUT2D eigenvalue weighted by atomic mass is 19.1. The van der Waals surface area contributed by atoms with Gasteiger partial charge in [-0.15, -0.1) is 0 Å². The highest BCUT2D eigenvalue weighted by Crippen LogP contribution is 2.12. The van der Waals surface area contributed by atoms with Gasteiger partial charge in [0.25, 0.3) is 5.91 Å². The number of hydrogen-bond donors (Lipinski definition) is 2. The van der Waals surface area contributed by atoms with Crippen molar-refractivity contribution in [2.24, 2.45) is 0 Å². The van der Waals surface area contributed by atoms with E-state index >= 15 is 0 Å². The van der Waals surface area contributed by atoms with Gasteiger partial charge in [0.2, 0.25) is 0 Å². The molecule has 0 saturated heterocycles. The molecule has 0 aliphatic heterocycles. The van der Waals surface area contributed by atoms with E-state index in [-0.39, 0.29) is 11.7 Å². The first-order valence-corrected chi connectivity index (χ1v) is 6.44. The SMILES string of the molecule is COCCNc1cncc(C(=O)Nc2ccc(F)cc2)c1. The van der Waals surface area contributed by atoms with Crippen molar-refractivity contribution in [3.8, 4) is 0 Å². The van der Waals surface area contributed by atoms with Crippen LogP contribution in [0.4, 0.5) is 15.8 Å². The Balaban J connectivity index is 2.01. The maximum atomic E-state index is 12.8. The Kier molecular flexibility index (Phi) is 5.22. The summed E-state index contributed by atoms with van der Waals surface area (Å²) in [5.41, 5.74) is 1.68. The van der Waals surface area contributed by atoms with Gasteiger partial charge in [-0.2, -0.15) is 0 Å². The van der Waals surface area contributed by atoms with Crippen LogP contribution >= 0.6 is 0 Å². The van der Waals surface area contributed by atoms with E-state index in [1.807, 2.05) is 0 Å². The van der Waals surface area contributed by atoms with Crippen LogP contribution in [0.3, 0.4) is 0 Å². The first kappa shape index (κ1) is 14.9. The molecule has 0 spiro atoms. The monoisotopic (exact) mass is 289 g/mol. The lowest BCUT2D eigenvalue weighted by atomic mass is 10.2. The number of methoxy groups -OCH3 is 1. The van der Waals surface area contributed by atoms with Gasteiger partial charge < -0.3 is 15.4 Å². The van der Waals surface area contributed by atoms with Crippen LogP contribution < -0.4 is 10.6 Å². The molecule has 1 amide bonds. The van der Waals surface area contributed by atoms with Gasteiger partial charge in [-0.25, -0.2) is 4.39 Å². The van der Waals surface area contributed by atoms with Gasteiger partial charge in [-0.1, -0.05) is 0 Å². The lowest BCUT2D eigenvalue weighted by molar-refractivity contribution is 0.102. The summed E-state index contributed by atoms with van der Waals surface area (Å²) in [6, 6.07) is 7.28. The summed E-state index contributed by atoms with van der Waals surface area (Å²) in [4.78, 5) is 16.1. The summed E-state index contributed by atoms with van der Waals surface area (Å²) in [6.07, 6.45) is 3.10. The van der Waals surface area contributed by atoms with Crippen LogP contribution in [0.15, 0.2) is 42.7 Å². The van der Waals surface area contributed by atoms with Crippen molar-refractivity contribution in [2.75, 3.05) is 30.9 Å². The van der Waals surface area contributed by atoms with Gasteiger partial charge in [0, 0.05) is 31.7 Å². The number of amides is 1. The van der Waals surface area contributed by atoms with Crippen LogP contribution in [0.1, 0.15) is 10.4 Å². The van der Waals surface area contributed by atoms with Crippen molar-refractivity contribution < 1.29 is 13.9 Å². The number of anilines is 2. The number of pyridine rings is 1. The standard InChI is InChI=1S/C15H16FN3O2/c1-21-7-6-18-14-8-11(9-17-10-14)15(20)19-13-4-2-12(16)3-5-13/h2-5,8-10,18H,6-7H2,1H3,(H,19,20). The Hall–Kier alpha value is -2.47. The summed E-state index contributed by atoms with van der Waals surface area (Å²) < 4.78 is 17.7. The van der Waals surface area contributed by atoms with Crippen LogP contribution in [0, 0.1) is 5.82 Å². The molecule has 0 aliphatic rings. The zero-order chi connectivity index (χ0) is 15.1. The number of halogens is 1. The van der Waals surface area contributed by atoms with Gasteiger partial charge in [0.05, 0.1) is 17.9 Å². The van der Waals surface area contributed by atoms with Crippen LogP contribution in [0.2, 0.25) is 0 Å². The molecule has 1 heterocycles. The number of rotatable bonds is 6. The Bertz CT molecular complexity index is 602. The fourth-order valence-electron chi connectivity index (χ4n) is 1.69. The second-order valence-corrected chi connectivity index (χ2v) is 4.34. The van der Waals surface area contributed by atoms with Gasteiger partial charge >= 0.3 is 0 Å². The van der Waals surface area contributed by atoms with Gasteiger partial charge in [0.15, 0.2) is 0 Å². The number of carbonyl (C=O) groups is 1. The molecule has 2 aromatic rings. The van der Waals surface area contributed by atoms with Gasteiger partial charge in [-0.05, 0) is 30.3 Å². The van der Waals surface area contributed by atoms with E-state index in [4.69, 9.17) is 4.74 Å². The summed E-state index contributed by atoms with van der Waals surface area (Å²) in [6.45, 7) is 1.19. The van der Waals surface area contributed by atoms with E-state index < -0.39 is 0 Å². The Morgan fingerprint density at radius 2 is 2.00 bits per heavy atom. The van der Waals surface area contributed by atoms with E-state index in [0.29, 0.717) is 24.4 Å². The first-order chi connectivity index (χ1) is 10.2. The lowest BCUT2D eigenvalue weighted by Crippen LogP contribution is -2.13. The molecular weight excluding hydrogens is 273 g/mol. The fourth-order valence-corrected chi connectivity index (χ4v) is 1.69. The first-order valence-electron chi connectivity index (χ1n) is 6.44. The zero-order valence-corrected chi connectivity index (χ0v) is 11.6. The van der Waals surface area contributed by atoms with Crippen molar-refractivity contribution in [3.05, 3.63) is 54.1 Å². The molecule has 1 aromatic carbocycles. The molecule has 0 bridgehead atoms. The average Bonchev–Trinajstić information content (AvgIpc) is 2.50. The summed E-state index contributed by atoms with van der Waals surface area (Å²) in [7, 11) is 1.62. The van der Waals surface area contributed by atoms with Crippen molar-refractivity contribution in [1.29, 1.82) is 0 Å². The molecule has 110 valence electrons. The average molecular weight is 289 g/mol. The minimum Gasteiger partial charge on any atom is -0.383 e. The quantitative estimate of drug-likeness (QED) is 0.802. The van der Waals surface area contributed by atoms with Crippen LogP contribution in [-0.2, 0) is 4.74 Å². The van der Waals surface area contributed by atoms with Crippen LogP contribution in [0.25, 0.3) is 0 Å². The normalized spacial score (nSPS) is 10.2. The van der Waals surface area contributed by atoms with Gasteiger partial charge in [0.1, 0.15) is 5.82 Å². The van der Waals surface area contributed by atoms with E-state index in [1.54, 1.807) is 19.4 Å². The molecule has 0 saturated carbocycles. The molecule has 2 N–H and O–H groups in total. The third-order valence-electron chi connectivity index (χ3n) is 2.74. The molecule has 0 aliphatic carbocycles.